The van der Waals surface area contributed by atoms with Gasteiger partial charge in [0.05, 0.1) is 23.3 Å². The SMILES string of the molecule is C[C@]1(NC(=O)C[NH2+][C@@H](c2ccccc2)c2ccco2)CCS(=O)(=O)C1. The first-order valence-electron chi connectivity index (χ1n) is 8.30. The van der Waals surface area contributed by atoms with Crippen LogP contribution in [0.1, 0.15) is 30.7 Å². The van der Waals surface area contributed by atoms with E-state index >= 15 is 0 Å². The highest BCUT2D eigenvalue weighted by molar-refractivity contribution is 7.91. The van der Waals surface area contributed by atoms with E-state index in [4.69, 9.17) is 4.42 Å². The predicted octanol–water partition coefficient (Wildman–Crippen LogP) is 0.626. The fourth-order valence-electron chi connectivity index (χ4n) is 3.27. The average molecular weight is 363 g/mol. The number of amides is 1. The summed E-state index contributed by atoms with van der Waals surface area (Å²) in [6, 6.07) is 13.4. The molecule has 1 aromatic carbocycles. The van der Waals surface area contributed by atoms with Gasteiger partial charge in [-0.2, -0.15) is 0 Å². The molecule has 0 unspecified atom stereocenters. The van der Waals surface area contributed by atoms with Crippen molar-refractivity contribution in [2.45, 2.75) is 24.9 Å². The molecule has 0 aliphatic carbocycles. The van der Waals surface area contributed by atoms with Gasteiger partial charge in [-0.15, -0.1) is 0 Å². The van der Waals surface area contributed by atoms with Gasteiger partial charge in [-0.1, -0.05) is 30.3 Å². The van der Waals surface area contributed by atoms with Crippen LogP contribution in [0.5, 0.6) is 0 Å². The maximum Gasteiger partial charge on any atom is 0.275 e. The standard InChI is InChI=1S/C18H22N2O4S/c1-18(9-11-25(22,23)13-18)20-16(21)12-19-17(15-8-5-10-24-15)14-6-3-2-4-7-14/h2-8,10,17,19H,9,11-13H2,1H3,(H,20,21)/p+1/t17-,18-/m0/s1. The molecule has 2 atom stereocenters. The zero-order chi connectivity index (χ0) is 17.9. The van der Waals surface area contributed by atoms with Crippen LogP contribution < -0.4 is 10.6 Å². The number of hydrogen-bond donors (Lipinski definition) is 2. The molecule has 3 rings (SSSR count). The van der Waals surface area contributed by atoms with E-state index in [-0.39, 0.29) is 30.0 Å². The maximum atomic E-state index is 12.4. The fraction of sp³-hybridized carbons (Fsp3) is 0.389. The van der Waals surface area contributed by atoms with Crippen LogP contribution in [0.15, 0.2) is 53.1 Å². The minimum Gasteiger partial charge on any atom is -0.463 e. The normalized spacial score (nSPS) is 23.2. The molecule has 1 saturated heterocycles. The van der Waals surface area contributed by atoms with Gasteiger partial charge in [-0.05, 0) is 25.5 Å². The zero-order valence-corrected chi connectivity index (χ0v) is 15.0. The summed E-state index contributed by atoms with van der Waals surface area (Å²) in [5.74, 6) is 0.735. The summed E-state index contributed by atoms with van der Waals surface area (Å²) in [6.07, 6.45) is 2.07. The van der Waals surface area contributed by atoms with Gasteiger partial charge >= 0.3 is 0 Å². The molecule has 134 valence electrons. The van der Waals surface area contributed by atoms with Crippen molar-refractivity contribution in [2.24, 2.45) is 0 Å². The van der Waals surface area contributed by atoms with Crippen LogP contribution in [0, 0.1) is 0 Å². The van der Waals surface area contributed by atoms with E-state index < -0.39 is 15.4 Å². The number of carbonyl (C=O) groups is 1. The molecule has 2 aromatic rings. The lowest BCUT2D eigenvalue weighted by Crippen LogP contribution is -2.88. The summed E-state index contributed by atoms with van der Waals surface area (Å²) in [5, 5.41) is 4.78. The Bertz CT molecular complexity index is 818. The summed E-state index contributed by atoms with van der Waals surface area (Å²) in [5.41, 5.74) is 0.372. The summed E-state index contributed by atoms with van der Waals surface area (Å²) in [6.45, 7) is 1.98. The lowest BCUT2D eigenvalue weighted by molar-refractivity contribution is -0.678. The summed E-state index contributed by atoms with van der Waals surface area (Å²) in [4.78, 5) is 12.4. The van der Waals surface area contributed by atoms with Crippen molar-refractivity contribution < 1.29 is 22.9 Å². The summed E-state index contributed by atoms with van der Waals surface area (Å²) >= 11 is 0. The van der Waals surface area contributed by atoms with Crippen molar-refractivity contribution in [3.63, 3.8) is 0 Å². The highest BCUT2D eigenvalue weighted by Gasteiger charge is 2.39. The lowest BCUT2D eigenvalue weighted by atomic mass is 10.0. The van der Waals surface area contributed by atoms with Crippen molar-refractivity contribution in [3.05, 3.63) is 60.1 Å². The Morgan fingerprint density at radius 2 is 2.04 bits per heavy atom. The van der Waals surface area contributed by atoms with E-state index in [0.29, 0.717) is 6.42 Å². The molecule has 1 aliphatic rings. The van der Waals surface area contributed by atoms with Gasteiger partial charge in [0.2, 0.25) is 0 Å². The third-order valence-corrected chi connectivity index (χ3v) is 6.39. The second-order valence-corrected chi connectivity index (χ2v) is 8.98. The molecule has 0 bridgehead atoms. The number of carbonyl (C=O) groups excluding carboxylic acids is 1. The molecule has 6 nitrogen and oxygen atoms in total. The Kier molecular flexibility index (Phi) is 4.96. The van der Waals surface area contributed by atoms with Crippen molar-refractivity contribution in [2.75, 3.05) is 18.1 Å². The van der Waals surface area contributed by atoms with Crippen LogP contribution in [0.3, 0.4) is 0 Å². The van der Waals surface area contributed by atoms with E-state index in [0.717, 1.165) is 11.3 Å². The Balaban J connectivity index is 1.65. The molecule has 0 spiro atoms. The Hall–Kier alpha value is -2.12. The van der Waals surface area contributed by atoms with E-state index in [1.165, 1.54) is 0 Å². The third kappa shape index (κ3) is 4.49. The lowest BCUT2D eigenvalue weighted by Gasteiger charge is -2.24. The van der Waals surface area contributed by atoms with Crippen LogP contribution in [-0.2, 0) is 14.6 Å². The maximum absolute atomic E-state index is 12.4. The quantitative estimate of drug-likeness (QED) is 0.787. The number of furan rings is 1. The van der Waals surface area contributed by atoms with Crippen molar-refractivity contribution >= 4 is 15.7 Å². The first kappa shape index (κ1) is 17.7. The second-order valence-electron chi connectivity index (χ2n) is 6.79. The van der Waals surface area contributed by atoms with Gasteiger partial charge in [0.25, 0.3) is 5.91 Å². The Morgan fingerprint density at radius 1 is 1.28 bits per heavy atom. The van der Waals surface area contributed by atoms with Crippen molar-refractivity contribution in [3.8, 4) is 0 Å². The second kappa shape index (κ2) is 7.01. The number of nitrogens with two attached hydrogens (primary N) is 1. The van der Waals surface area contributed by atoms with Crippen molar-refractivity contribution in [1.29, 1.82) is 0 Å². The number of rotatable bonds is 6. The van der Waals surface area contributed by atoms with E-state index in [1.807, 2.05) is 47.8 Å². The smallest absolute Gasteiger partial charge is 0.275 e. The molecule has 1 aliphatic heterocycles. The summed E-state index contributed by atoms with van der Waals surface area (Å²) < 4.78 is 28.8. The minimum atomic E-state index is -3.05. The molecule has 3 N–H and O–H groups in total. The molecule has 0 radical (unpaired) electrons. The van der Waals surface area contributed by atoms with E-state index in [1.54, 1.807) is 13.2 Å². The third-order valence-electron chi connectivity index (χ3n) is 4.49. The molecular formula is C18H23N2O4S+. The summed E-state index contributed by atoms with van der Waals surface area (Å²) in [7, 11) is -3.05. The molecule has 1 amide bonds. The zero-order valence-electron chi connectivity index (χ0n) is 14.1. The highest BCUT2D eigenvalue weighted by Crippen LogP contribution is 2.22. The van der Waals surface area contributed by atoms with Gasteiger partial charge in [0, 0.05) is 5.56 Å². The van der Waals surface area contributed by atoms with Gasteiger partial charge < -0.3 is 15.1 Å². The molecule has 7 heteroatoms. The van der Waals surface area contributed by atoms with E-state index in [9.17, 15) is 13.2 Å². The molecule has 1 fully saturated rings. The van der Waals surface area contributed by atoms with Gasteiger partial charge in [-0.25, -0.2) is 8.42 Å². The van der Waals surface area contributed by atoms with Crippen LogP contribution in [0.4, 0.5) is 0 Å². The monoisotopic (exact) mass is 363 g/mol. The molecule has 2 heterocycles. The van der Waals surface area contributed by atoms with Crippen LogP contribution in [0.25, 0.3) is 0 Å². The fourth-order valence-corrected chi connectivity index (χ4v) is 5.36. The van der Waals surface area contributed by atoms with Crippen LogP contribution in [0.2, 0.25) is 0 Å². The number of benzene rings is 1. The minimum absolute atomic E-state index is 0.00599. The number of hydrogen-bond acceptors (Lipinski definition) is 4. The highest BCUT2D eigenvalue weighted by atomic mass is 32.2. The van der Waals surface area contributed by atoms with Crippen LogP contribution in [-0.4, -0.2) is 37.9 Å². The number of nitrogens with one attached hydrogen (secondary N) is 1. The van der Waals surface area contributed by atoms with Crippen molar-refractivity contribution in [1.82, 2.24) is 5.32 Å². The van der Waals surface area contributed by atoms with Gasteiger partial charge in [0.15, 0.2) is 28.2 Å². The Labute approximate surface area is 147 Å². The van der Waals surface area contributed by atoms with Crippen LogP contribution >= 0.6 is 0 Å². The first-order chi connectivity index (χ1) is 11.9. The number of quaternary nitrogens is 1. The van der Waals surface area contributed by atoms with E-state index in [2.05, 4.69) is 5.32 Å². The molecule has 0 saturated carbocycles. The molecular weight excluding hydrogens is 340 g/mol. The largest absolute Gasteiger partial charge is 0.463 e. The molecule has 25 heavy (non-hydrogen) atoms. The number of sulfone groups is 1. The topological polar surface area (TPSA) is 93.0 Å². The molecule has 1 aromatic heterocycles. The Morgan fingerprint density at radius 3 is 2.64 bits per heavy atom. The van der Waals surface area contributed by atoms with Gasteiger partial charge in [0.1, 0.15) is 0 Å². The van der Waals surface area contributed by atoms with Gasteiger partial charge in [-0.3, -0.25) is 4.79 Å². The average Bonchev–Trinajstić information content (AvgIpc) is 3.17. The predicted molar refractivity (Wildman–Crippen MR) is 93.6 cm³/mol. The first-order valence-corrected chi connectivity index (χ1v) is 10.1.